The van der Waals surface area contributed by atoms with Gasteiger partial charge in [0.1, 0.15) is 0 Å². The van der Waals surface area contributed by atoms with Crippen molar-refractivity contribution in [1.29, 1.82) is 0 Å². The average molecular weight is 376 g/mol. The maximum Gasteiger partial charge on any atom is 0.243 e. The van der Waals surface area contributed by atoms with Crippen LogP contribution >= 0.6 is 15.9 Å². The minimum atomic E-state index is -3.70. The highest BCUT2D eigenvalue weighted by atomic mass is 79.9. The monoisotopic (exact) mass is 375 g/mol. The molecule has 0 radical (unpaired) electrons. The maximum atomic E-state index is 13.2. The van der Waals surface area contributed by atoms with Gasteiger partial charge in [-0.05, 0) is 35.9 Å². The molecule has 2 aromatic carbocycles. The van der Waals surface area contributed by atoms with Crippen molar-refractivity contribution in [3.05, 3.63) is 64.1 Å². The molecule has 21 heavy (non-hydrogen) atoms. The highest BCUT2D eigenvalue weighted by molar-refractivity contribution is 9.10. The number of nitrogens with zero attached hydrogens (tertiary/aromatic N) is 1. The van der Waals surface area contributed by atoms with Crippen molar-refractivity contribution in [2.24, 2.45) is 0 Å². The maximum absolute atomic E-state index is 13.2. The first-order chi connectivity index (χ1) is 9.80. The molecule has 0 saturated carbocycles. The number of halogens is 3. The third-order valence-electron chi connectivity index (χ3n) is 2.89. The molecule has 0 fully saturated rings. The summed E-state index contributed by atoms with van der Waals surface area (Å²) in [5.41, 5.74) is 0.370. The van der Waals surface area contributed by atoms with Gasteiger partial charge in [-0.3, -0.25) is 0 Å². The molecule has 0 aliphatic carbocycles. The van der Waals surface area contributed by atoms with Crippen molar-refractivity contribution < 1.29 is 17.2 Å². The molecule has 0 unspecified atom stereocenters. The highest BCUT2D eigenvalue weighted by Crippen LogP contribution is 2.21. The summed E-state index contributed by atoms with van der Waals surface area (Å²) in [5, 5.41) is 0. The van der Waals surface area contributed by atoms with Gasteiger partial charge in [-0.2, -0.15) is 4.31 Å². The van der Waals surface area contributed by atoms with Crippen LogP contribution in [0.3, 0.4) is 0 Å². The van der Waals surface area contributed by atoms with Gasteiger partial charge in [0, 0.05) is 18.1 Å². The third kappa shape index (κ3) is 3.66. The lowest BCUT2D eigenvalue weighted by Gasteiger charge is -2.17. The lowest BCUT2D eigenvalue weighted by atomic mass is 10.2. The molecule has 0 atom stereocenters. The smallest absolute Gasteiger partial charge is 0.207 e. The lowest BCUT2D eigenvalue weighted by molar-refractivity contribution is 0.462. The van der Waals surface area contributed by atoms with Crippen molar-refractivity contribution in [3.8, 4) is 0 Å². The molecule has 2 aromatic rings. The Hall–Kier alpha value is -1.31. The minimum absolute atomic E-state index is 0.0496. The standard InChI is InChI=1S/C14H12BrF2NO2S/c1-18(9-10-5-6-13(16)14(17)7-10)21(19,20)12-4-2-3-11(15)8-12/h2-8H,9H2,1H3. The summed E-state index contributed by atoms with van der Waals surface area (Å²) in [7, 11) is -2.31. The van der Waals surface area contributed by atoms with Crippen LogP contribution in [0.5, 0.6) is 0 Å². The summed E-state index contributed by atoms with van der Waals surface area (Å²) in [4.78, 5) is 0.127. The second-order valence-corrected chi connectivity index (χ2v) is 7.43. The Morgan fingerprint density at radius 3 is 2.43 bits per heavy atom. The number of benzene rings is 2. The van der Waals surface area contributed by atoms with Gasteiger partial charge in [0.25, 0.3) is 0 Å². The van der Waals surface area contributed by atoms with E-state index in [0.29, 0.717) is 10.0 Å². The van der Waals surface area contributed by atoms with E-state index in [4.69, 9.17) is 0 Å². The summed E-state index contributed by atoms with van der Waals surface area (Å²) in [6.07, 6.45) is 0. The zero-order valence-corrected chi connectivity index (χ0v) is 13.5. The molecule has 112 valence electrons. The van der Waals surface area contributed by atoms with Gasteiger partial charge in [0.15, 0.2) is 11.6 Å². The Kier molecular flexibility index (Phi) is 4.75. The minimum Gasteiger partial charge on any atom is -0.207 e. The molecule has 0 amide bonds. The fourth-order valence-electron chi connectivity index (χ4n) is 1.79. The van der Waals surface area contributed by atoms with Crippen molar-refractivity contribution in [2.45, 2.75) is 11.4 Å². The Bertz CT molecular complexity index is 765. The number of hydrogen-bond donors (Lipinski definition) is 0. The summed E-state index contributed by atoms with van der Waals surface area (Å²) in [5.74, 6) is -1.96. The van der Waals surface area contributed by atoms with Crippen LogP contribution in [-0.4, -0.2) is 19.8 Å². The molecule has 0 spiro atoms. The fourth-order valence-corrected chi connectivity index (χ4v) is 3.54. The SMILES string of the molecule is CN(Cc1ccc(F)c(F)c1)S(=O)(=O)c1cccc(Br)c1. The van der Waals surface area contributed by atoms with Crippen LogP contribution in [0.1, 0.15) is 5.56 Å². The van der Waals surface area contributed by atoms with E-state index >= 15 is 0 Å². The second kappa shape index (κ2) is 6.21. The molecule has 7 heteroatoms. The van der Waals surface area contributed by atoms with Crippen molar-refractivity contribution in [1.82, 2.24) is 4.31 Å². The predicted octanol–water partition coefficient (Wildman–Crippen LogP) is 3.55. The third-order valence-corrected chi connectivity index (χ3v) is 5.19. The van der Waals surface area contributed by atoms with Crippen LogP contribution in [0.2, 0.25) is 0 Å². The first-order valence-corrected chi connectivity index (χ1v) is 8.20. The Morgan fingerprint density at radius 2 is 1.81 bits per heavy atom. The van der Waals surface area contributed by atoms with E-state index in [9.17, 15) is 17.2 Å². The quantitative estimate of drug-likeness (QED) is 0.819. The molecule has 0 aromatic heterocycles. The first kappa shape index (κ1) is 16.1. The molecule has 0 aliphatic rings. The molecule has 0 N–H and O–H groups in total. The van der Waals surface area contributed by atoms with E-state index in [-0.39, 0.29) is 11.4 Å². The molecule has 0 heterocycles. The zero-order chi connectivity index (χ0) is 15.6. The van der Waals surface area contributed by atoms with E-state index in [0.717, 1.165) is 16.4 Å². The van der Waals surface area contributed by atoms with Crippen molar-refractivity contribution in [2.75, 3.05) is 7.05 Å². The van der Waals surface area contributed by atoms with E-state index < -0.39 is 21.7 Å². The van der Waals surface area contributed by atoms with Crippen LogP contribution in [0.25, 0.3) is 0 Å². The molecule has 0 bridgehead atoms. The van der Waals surface area contributed by atoms with E-state index in [1.807, 2.05) is 0 Å². The Labute approximate surface area is 130 Å². The summed E-state index contributed by atoms with van der Waals surface area (Å²) in [6.45, 7) is -0.0496. The van der Waals surface area contributed by atoms with Gasteiger partial charge < -0.3 is 0 Å². The van der Waals surface area contributed by atoms with Crippen LogP contribution < -0.4 is 0 Å². The molecule has 2 rings (SSSR count). The van der Waals surface area contributed by atoms with Gasteiger partial charge in [-0.15, -0.1) is 0 Å². The van der Waals surface area contributed by atoms with E-state index in [1.54, 1.807) is 12.1 Å². The number of rotatable bonds is 4. The Balaban J connectivity index is 2.26. The van der Waals surface area contributed by atoms with Crippen molar-refractivity contribution in [3.63, 3.8) is 0 Å². The summed E-state index contributed by atoms with van der Waals surface area (Å²) in [6, 6.07) is 9.60. The van der Waals surface area contributed by atoms with Gasteiger partial charge in [0.05, 0.1) is 4.90 Å². The van der Waals surface area contributed by atoms with Crippen molar-refractivity contribution >= 4 is 26.0 Å². The molecular weight excluding hydrogens is 364 g/mol. The highest BCUT2D eigenvalue weighted by Gasteiger charge is 2.21. The van der Waals surface area contributed by atoms with Crippen LogP contribution in [-0.2, 0) is 16.6 Å². The molecular formula is C14H12BrF2NO2S. The fraction of sp³-hybridized carbons (Fsp3) is 0.143. The molecule has 3 nitrogen and oxygen atoms in total. The average Bonchev–Trinajstić information content (AvgIpc) is 2.43. The van der Waals surface area contributed by atoms with Gasteiger partial charge >= 0.3 is 0 Å². The largest absolute Gasteiger partial charge is 0.243 e. The number of sulfonamides is 1. The lowest BCUT2D eigenvalue weighted by Crippen LogP contribution is -2.26. The van der Waals surface area contributed by atoms with Crippen LogP contribution in [0, 0.1) is 11.6 Å². The van der Waals surface area contributed by atoms with Crippen LogP contribution in [0.15, 0.2) is 51.8 Å². The van der Waals surface area contributed by atoms with Gasteiger partial charge in [0.2, 0.25) is 10.0 Å². The van der Waals surface area contributed by atoms with Crippen LogP contribution in [0.4, 0.5) is 8.78 Å². The summed E-state index contributed by atoms with van der Waals surface area (Å²) >= 11 is 3.21. The van der Waals surface area contributed by atoms with Gasteiger partial charge in [-0.25, -0.2) is 17.2 Å². The van der Waals surface area contributed by atoms with E-state index in [1.165, 1.54) is 25.2 Å². The topological polar surface area (TPSA) is 37.4 Å². The van der Waals surface area contributed by atoms with Gasteiger partial charge in [-0.1, -0.05) is 28.1 Å². The zero-order valence-electron chi connectivity index (χ0n) is 11.1. The van der Waals surface area contributed by atoms with E-state index in [2.05, 4.69) is 15.9 Å². The summed E-state index contributed by atoms with van der Waals surface area (Å²) < 4.78 is 52.5. The first-order valence-electron chi connectivity index (χ1n) is 5.96. The predicted molar refractivity (Wildman–Crippen MR) is 79.2 cm³/mol. The molecule has 0 aliphatic heterocycles. The number of hydrogen-bond acceptors (Lipinski definition) is 2. The molecule has 0 saturated heterocycles. The second-order valence-electron chi connectivity index (χ2n) is 4.47. The normalized spacial score (nSPS) is 11.9. The Morgan fingerprint density at radius 1 is 1.10 bits per heavy atom.